The molecule has 0 aliphatic carbocycles. The number of nitrogens with one attached hydrogen (secondary N) is 1. The number of aromatic nitrogens is 1. The third-order valence-corrected chi connectivity index (χ3v) is 4.50. The molecule has 1 saturated heterocycles. The molecule has 1 aliphatic rings. The highest BCUT2D eigenvalue weighted by Gasteiger charge is 2.19. The molecule has 2 nitrogen and oxygen atoms in total. The largest absolute Gasteiger partial charge is 0.308 e. The first kappa shape index (κ1) is 9.51. The smallest absolute Gasteiger partial charge is 0.110 e. The fourth-order valence-corrected chi connectivity index (χ4v) is 3.57. The van der Waals surface area contributed by atoms with E-state index in [1.807, 2.05) is 0 Å². The van der Waals surface area contributed by atoms with Crippen LogP contribution in [0.3, 0.4) is 0 Å². The average molecular weight is 236 g/mol. The van der Waals surface area contributed by atoms with Gasteiger partial charge >= 0.3 is 0 Å². The lowest BCUT2D eigenvalue weighted by Crippen LogP contribution is -2.12. The van der Waals surface area contributed by atoms with Crippen molar-refractivity contribution in [3.8, 4) is 10.6 Å². The van der Waals surface area contributed by atoms with Crippen LogP contribution < -0.4 is 5.32 Å². The van der Waals surface area contributed by atoms with Crippen LogP contribution in [0.4, 0.5) is 0 Å². The summed E-state index contributed by atoms with van der Waals surface area (Å²) in [7, 11) is 0. The van der Waals surface area contributed by atoms with E-state index in [-0.39, 0.29) is 0 Å². The Morgan fingerprint density at radius 2 is 2.40 bits per heavy atom. The zero-order chi connectivity index (χ0) is 10.1. The van der Waals surface area contributed by atoms with E-state index in [1.54, 1.807) is 22.7 Å². The van der Waals surface area contributed by atoms with Gasteiger partial charge in [-0.1, -0.05) is 6.07 Å². The van der Waals surface area contributed by atoms with Gasteiger partial charge in [-0.3, -0.25) is 0 Å². The standard InChI is InChI=1S/C11H12N2S2/c1-3-8(12-5-1)11-13-9(7-15-11)10-4-2-6-14-10/h2,4,6-8,12H,1,3,5H2. The van der Waals surface area contributed by atoms with Crippen molar-refractivity contribution >= 4 is 22.7 Å². The number of thiophene rings is 1. The van der Waals surface area contributed by atoms with Gasteiger partial charge in [-0.05, 0) is 30.8 Å². The lowest BCUT2D eigenvalue weighted by molar-refractivity contribution is 0.643. The molecule has 78 valence electrons. The molecular formula is C11H12N2S2. The summed E-state index contributed by atoms with van der Waals surface area (Å²) in [4.78, 5) is 5.97. The molecule has 0 bridgehead atoms. The summed E-state index contributed by atoms with van der Waals surface area (Å²) < 4.78 is 0. The summed E-state index contributed by atoms with van der Waals surface area (Å²) in [6, 6.07) is 4.71. The van der Waals surface area contributed by atoms with Gasteiger partial charge in [0.2, 0.25) is 0 Å². The van der Waals surface area contributed by atoms with Crippen LogP contribution in [0.1, 0.15) is 23.9 Å². The number of nitrogens with zero attached hydrogens (tertiary/aromatic N) is 1. The quantitative estimate of drug-likeness (QED) is 0.865. The van der Waals surface area contributed by atoms with Gasteiger partial charge < -0.3 is 5.32 Å². The van der Waals surface area contributed by atoms with Crippen LogP contribution in [0.25, 0.3) is 10.6 Å². The first-order valence-electron chi connectivity index (χ1n) is 5.16. The predicted molar refractivity (Wildman–Crippen MR) is 65.4 cm³/mol. The molecule has 3 heterocycles. The molecule has 3 rings (SSSR count). The predicted octanol–water partition coefficient (Wildman–Crippen LogP) is 3.30. The normalized spacial score (nSPS) is 20.9. The van der Waals surface area contributed by atoms with Gasteiger partial charge in [0, 0.05) is 5.38 Å². The molecule has 2 aromatic heterocycles. The van der Waals surface area contributed by atoms with Crippen LogP contribution >= 0.6 is 22.7 Å². The third-order valence-electron chi connectivity index (χ3n) is 2.65. The van der Waals surface area contributed by atoms with Crippen molar-refractivity contribution in [2.75, 3.05) is 6.54 Å². The molecule has 1 atom stereocenters. The maximum atomic E-state index is 4.70. The van der Waals surface area contributed by atoms with E-state index >= 15 is 0 Å². The summed E-state index contributed by atoms with van der Waals surface area (Å²) in [6.45, 7) is 1.14. The highest BCUT2D eigenvalue weighted by Crippen LogP contribution is 2.31. The van der Waals surface area contributed by atoms with Crippen LogP contribution in [0, 0.1) is 0 Å². The van der Waals surface area contributed by atoms with E-state index in [0.29, 0.717) is 6.04 Å². The Bertz CT molecular complexity index is 427. The molecule has 4 heteroatoms. The number of thiazole rings is 1. The van der Waals surface area contributed by atoms with E-state index in [4.69, 9.17) is 4.98 Å². The fraction of sp³-hybridized carbons (Fsp3) is 0.364. The molecular weight excluding hydrogens is 224 g/mol. The van der Waals surface area contributed by atoms with E-state index < -0.39 is 0 Å². The maximum absolute atomic E-state index is 4.70. The minimum Gasteiger partial charge on any atom is -0.308 e. The number of hydrogen-bond donors (Lipinski definition) is 1. The zero-order valence-corrected chi connectivity index (χ0v) is 9.90. The van der Waals surface area contributed by atoms with Gasteiger partial charge in [-0.2, -0.15) is 0 Å². The first-order chi connectivity index (χ1) is 7.43. The lowest BCUT2D eigenvalue weighted by Gasteiger charge is -2.04. The second kappa shape index (κ2) is 4.04. The van der Waals surface area contributed by atoms with Crippen LogP contribution in [-0.4, -0.2) is 11.5 Å². The van der Waals surface area contributed by atoms with Crippen molar-refractivity contribution in [2.24, 2.45) is 0 Å². The molecule has 1 unspecified atom stereocenters. The maximum Gasteiger partial charge on any atom is 0.110 e. The van der Waals surface area contributed by atoms with Crippen molar-refractivity contribution in [3.63, 3.8) is 0 Å². The van der Waals surface area contributed by atoms with Crippen LogP contribution in [0.5, 0.6) is 0 Å². The van der Waals surface area contributed by atoms with E-state index in [1.165, 1.54) is 22.7 Å². The van der Waals surface area contributed by atoms with Crippen molar-refractivity contribution < 1.29 is 0 Å². The Kier molecular flexibility index (Phi) is 2.56. The highest BCUT2D eigenvalue weighted by molar-refractivity contribution is 7.14. The molecule has 1 aliphatic heterocycles. The zero-order valence-electron chi connectivity index (χ0n) is 8.27. The van der Waals surface area contributed by atoms with Crippen molar-refractivity contribution in [2.45, 2.75) is 18.9 Å². The fourth-order valence-electron chi connectivity index (χ4n) is 1.88. The Morgan fingerprint density at radius 1 is 1.40 bits per heavy atom. The van der Waals surface area contributed by atoms with Gasteiger partial charge in [-0.15, -0.1) is 22.7 Å². The molecule has 1 N–H and O–H groups in total. The molecule has 0 aromatic carbocycles. The van der Waals surface area contributed by atoms with E-state index in [0.717, 1.165) is 12.2 Å². The Balaban J connectivity index is 1.87. The molecule has 1 fully saturated rings. The second-order valence-electron chi connectivity index (χ2n) is 3.70. The summed E-state index contributed by atoms with van der Waals surface area (Å²) in [5, 5.41) is 9.00. The van der Waals surface area contributed by atoms with Crippen molar-refractivity contribution in [3.05, 3.63) is 27.9 Å². The van der Waals surface area contributed by atoms with E-state index in [9.17, 15) is 0 Å². The van der Waals surface area contributed by atoms with Crippen LogP contribution in [0.15, 0.2) is 22.9 Å². The van der Waals surface area contributed by atoms with Crippen molar-refractivity contribution in [1.29, 1.82) is 0 Å². The molecule has 0 amide bonds. The third kappa shape index (κ3) is 1.85. The summed E-state index contributed by atoms with van der Waals surface area (Å²) in [5.74, 6) is 0. The average Bonchev–Trinajstić information content (AvgIpc) is 3.02. The second-order valence-corrected chi connectivity index (χ2v) is 5.53. The Hall–Kier alpha value is -0.710. The molecule has 15 heavy (non-hydrogen) atoms. The van der Waals surface area contributed by atoms with E-state index in [2.05, 4.69) is 28.2 Å². The topological polar surface area (TPSA) is 24.9 Å². The molecule has 2 aromatic rings. The molecule has 0 saturated carbocycles. The minimum absolute atomic E-state index is 0.503. The van der Waals surface area contributed by atoms with Crippen LogP contribution in [-0.2, 0) is 0 Å². The SMILES string of the molecule is c1csc(-c2csc(C3CCCN3)n2)c1. The molecule has 0 radical (unpaired) electrons. The Labute approximate surface area is 97.0 Å². The van der Waals surface area contributed by atoms with Gasteiger partial charge in [0.25, 0.3) is 0 Å². The summed E-state index contributed by atoms with van der Waals surface area (Å²) in [5.41, 5.74) is 1.14. The minimum atomic E-state index is 0.503. The van der Waals surface area contributed by atoms with Crippen LogP contribution in [0.2, 0.25) is 0 Å². The van der Waals surface area contributed by atoms with Gasteiger partial charge in [-0.25, -0.2) is 4.98 Å². The summed E-state index contributed by atoms with van der Waals surface area (Å²) >= 11 is 3.53. The summed E-state index contributed by atoms with van der Waals surface area (Å²) in [6.07, 6.45) is 2.51. The lowest BCUT2D eigenvalue weighted by atomic mass is 10.2. The Morgan fingerprint density at radius 3 is 3.13 bits per heavy atom. The highest BCUT2D eigenvalue weighted by atomic mass is 32.1. The first-order valence-corrected chi connectivity index (χ1v) is 6.92. The number of rotatable bonds is 2. The van der Waals surface area contributed by atoms with Gasteiger partial charge in [0.1, 0.15) is 5.01 Å². The van der Waals surface area contributed by atoms with Gasteiger partial charge in [0.15, 0.2) is 0 Å². The molecule has 0 spiro atoms. The van der Waals surface area contributed by atoms with Gasteiger partial charge in [0.05, 0.1) is 16.6 Å². The van der Waals surface area contributed by atoms with Crippen molar-refractivity contribution in [1.82, 2.24) is 10.3 Å². The monoisotopic (exact) mass is 236 g/mol. The number of hydrogen-bond acceptors (Lipinski definition) is 4.